The number of nitrogens with zero attached hydrogens (tertiary/aromatic N) is 1. The monoisotopic (exact) mass is 244 g/mol. The summed E-state index contributed by atoms with van der Waals surface area (Å²) in [5.74, 6) is 0.661. The average molecular weight is 244 g/mol. The minimum absolute atomic E-state index is 0.212. The van der Waals surface area contributed by atoms with Crippen LogP contribution in [0.3, 0.4) is 0 Å². The van der Waals surface area contributed by atoms with E-state index in [-0.39, 0.29) is 5.54 Å². The molecule has 0 rings (SSSR count). The van der Waals surface area contributed by atoms with Gasteiger partial charge in [0.1, 0.15) is 0 Å². The van der Waals surface area contributed by atoms with Crippen molar-refractivity contribution in [2.75, 3.05) is 33.4 Å². The Morgan fingerprint density at radius 2 is 1.82 bits per heavy atom. The maximum Gasteiger partial charge on any atom is 0.0615 e. The summed E-state index contributed by atoms with van der Waals surface area (Å²) in [6.45, 7) is 17.5. The van der Waals surface area contributed by atoms with Crippen LogP contribution in [0.1, 0.15) is 41.5 Å². The third-order valence-electron chi connectivity index (χ3n) is 2.96. The van der Waals surface area contributed by atoms with Crippen LogP contribution in [0, 0.1) is 5.92 Å². The average Bonchev–Trinajstić information content (AvgIpc) is 2.22. The smallest absolute Gasteiger partial charge is 0.0615 e. The summed E-state index contributed by atoms with van der Waals surface area (Å²) in [5, 5.41) is 3.56. The summed E-state index contributed by atoms with van der Waals surface area (Å²) in [4.78, 5) is 2.48. The zero-order valence-electron chi connectivity index (χ0n) is 12.8. The van der Waals surface area contributed by atoms with Crippen LogP contribution in [0.15, 0.2) is 0 Å². The number of hydrogen-bond acceptors (Lipinski definition) is 3. The topological polar surface area (TPSA) is 24.5 Å². The first kappa shape index (κ1) is 16.9. The first-order chi connectivity index (χ1) is 7.80. The first-order valence-electron chi connectivity index (χ1n) is 6.78. The summed E-state index contributed by atoms with van der Waals surface area (Å²) >= 11 is 0. The Labute approximate surface area is 108 Å². The second-order valence-corrected chi connectivity index (χ2v) is 6.13. The van der Waals surface area contributed by atoms with Crippen LogP contribution in [0.2, 0.25) is 0 Å². The predicted molar refractivity (Wildman–Crippen MR) is 75.5 cm³/mol. The zero-order chi connectivity index (χ0) is 13.5. The van der Waals surface area contributed by atoms with Gasteiger partial charge in [0.2, 0.25) is 0 Å². The lowest BCUT2D eigenvalue weighted by molar-refractivity contribution is 0.0924. The minimum Gasteiger partial charge on any atom is -0.383 e. The largest absolute Gasteiger partial charge is 0.383 e. The van der Waals surface area contributed by atoms with Gasteiger partial charge in [-0.2, -0.15) is 0 Å². The van der Waals surface area contributed by atoms with Crippen molar-refractivity contribution in [2.45, 2.75) is 53.1 Å². The second kappa shape index (κ2) is 8.06. The molecule has 0 fully saturated rings. The first-order valence-corrected chi connectivity index (χ1v) is 6.78. The molecule has 0 spiro atoms. The fourth-order valence-electron chi connectivity index (χ4n) is 1.91. The molecule has 0 aromatic heterocycles. The van der Waals surface area contributed by atoms with E-state index >= 15 is 0 Å². The zero-order valence-corrected chi connectivity index (χ0v) is 12.8. The molecule has 0 radical (unpaired) electrons. The Kier molecular flexibility index (Phi) is 8.01. The molecule has 3 heteroatoms. The van der Waals surface area contributed by atoms with Gasteiger partial charge in [0.05, 0.1) is 6.61 Å². The van der Waals surface area contributed by atoms with Gasteiger partial charge < -0.3 is 10.1 Å². The fourth-order valence-corrected chi connectivity index (χ4v) is 1.91. The molecular formula is C14H32N2O. The lowest BCUT2D eigenvalue weighted by Crippen LogP contribution is -2.44. The summed E-state index contributed by atoms with van der Waals surface area (Å²) in [6.07, 6.45) is 0. The van der Waals surface area contributed by atoms with Crippen LogP contribution in [-0.4, -0.2) is 49.8 Å². The van der Waals surface area contributed by atoms with Gasteiger partial charge in [-0.05, 0) is 46.7 Å². The molecule has 0 aromatic carbocycles. The number of methoxy groups -OCH3 is 1. The molecule has 104 valence electrons. The minimum atomic E-state index is 0.212. The number of nitrogens with one attached hydrogen (secondary N) is 1. The molecule has 0 saturated carbocycles. The molecule has 0 aliphatic carbocycles. The van der Waals surface area contributed by atoms with Crippen molar-refractivity contribution in [3.8, 4) is 0 Å². The molecular weight excluding hydrogens is 212 g/mol. The van der Waals surface area contributed by atoms with Crippen molar-refractivity contribution in [2.24, 2.45) is 5.92 Å². The van der Waals surface area contributed by atoms with E-state index in [2.05, 4.69) is 51.8 Å². The third-order valence-corrected chi connectivity index (χ3v) is 2.96. The van der Waals surface area contributed by atoms with Crippen LogP contribution in [-0.2, 0) is 4.74 Å². The number of rotatable bonds is 8. The summed E-state index contributed by atoms with van der Waals surface area (Å²) in [6, 6.07) is 0.502. The van der Waals surface area contributed by atoms with Crippen LogP contribution in [0.4, 0.5) is 0 Å². The molecule has 0 bridgehead atoms. The van der Waals surface area contributed by atoms with Crippen LogP contribution in [0.5, 0.6) is 0 Å². The SMILES string of the molecule is CCN(CC(C)CNC(C)(C)C)C(C)COC. The van der Waals surface area contributed by atoms with Gasteiger partial charge >= 0.3 is 0 Å². The highest BCUT2D eigenvalue weighted by atomic mass is 16.5. The fraction of sp³-hybridized carbons (Fsp3) is 1.00. The van der Waals surface area contributed by atoms with Gasteiger partial charge in [-0.15, -0.1) is 0 Å². The number of ether oxygens (including phenoxy) is 1. The predicted octanol–water partition coefficient (Wildman–Crippen LogP) is 2.37. The van der Waals surface area contributed by atoms with E-state index in [1.807, 2.05) is 0 Å². The van der Waals surface area contributed by atoms with E-state index in [1.54, 1.807) is 7.11 Å². The molecule has 17 heavy (non-hydrogen) atoms. The molecule has 0 aliphatic heterocycles. The standard InChI is InChI=1S/C14H32N2O/c1-8-16(13(3)11-17-7)10-12(2)9-15-14(4,5)6/h12-13,15H,8-11H2,1-7H3. The second-order valence-electron chi connectivity index (χ2n) is 6.13. The van der Waals surface area contributed by atoms with Gasteiger partial charge in [-0.1, -0.05) is 13.8 Å². The number of hydrogen-bond donors (Lipinski definition) is 1. The Morgan fingerprint density at radius 1 is 1.24 bits per heavy atom. The van der Waals surface area contributed by atoms with E-state index in [9.17, 15) is 0 Å². The third kappa shape index (κ3) is 8.58. The van der Waals surface area contributed by atoms with Gasteiger partial charge in [-0.25, -0.2) is 0 Å². The molecule has 1 N–H and O–H groups in total. The van der Waals surface area contributed by atoms with Gasteiger partial charge in [-0.3, -0.25) is 4.90 Å². The summed E-state index contributed by atoms with van der Waals surface area (Å²) in [5.41, 5.74) is 0.212. The molecule has 2 unspecified atom stereocenters. The van der Waals surface area contributed by atoms with Crippen LogP contribution in [0.25, 0.3) is 0 Å². The molecule has 2 atom stereocenters. The Morgan fingerprint density at radius 3 is 2.24 bits per heavy atom. The van der Waals surface area contributed by atoms with Gasteiger partial charge in [0.25, 0.3) is 0 Å². The van der Waals surface area contributed by atoms with E-state index in [1.165, 1.54) is 0 Å². The normalized spacial score (nSPS) is 16.2. The van der Waals surface area contributed by atoms with Crippen molar-refractivity contribution in [3.05, 3.63) is 0 Å². The van der Waals surface area contributed by atoms with E-state index in [0.29, 0.717) is 12.0 Å². The van der Waals surface area contributed by atoms with Crippen molar-refractivity contribution >= 4 is 0 Å². The Balaban J connectivity index is 4.01. The highest BCUT2D eigenvalue weighted by molar-refractivity contribution is 4.74. The Hall–Kier alpha value is -0.120. The van der Waals surface area contributed by atoms with Gasteiger partial charge in [0, 0.05) is 25.2 Å². The van der Waals surface area contributed by atoms with E-state index < -0.39 is 0 Å². The van der Waals surface area contributed by atoms with Crippen molar-refractivity contribution < 1.29 is 4.74 Å². The molecule has 3 nitrogen and oxygen atoms in total. The van der Waals surface area contributed by atoms with Crippen LogP contribution >= 0.6 is 0 Å². The highest BCUT2D eigenvalue weighted by Crippen LogP contribution is 2.06. The van der Waals surface area contributed by atoms with E-state index in [4.69, 9.17) is 4.74 Å². The van der Waals surface area contributed by atoms with Crippen molar-refractivity contribution in [1.82, 2.24) is 10.2 Å². The maximum atomic E-state index is 5.22. The molecule has 0 heterocycles. The summed E-state index contributed by atoms with van der Waals surface area (Å²) in [7, 11) is 1.77. The lowest BCUT2D eigenvalue weighted by Gasteiger charge is -2.31. The lowest BCUT2D eigenvalue weighted by atomic mass is 10.1. The van der Waals surface area contributed by atoms with Crippen LogP contribution < -0.4 is 5.32 Å². The maximum absolute atomic E-state index is 5.22. The Bertz CT molecular complexity index is 189. The summed E-state index contributed by atoms with van der Waals surface area (Å²) < 4.78 is 5.22. The van der Waals surface area contributed by atoms with Crippen molar-refractivity contribution in [1.29, 1.82) is 0 Å². The molecule has 0 aliphatic rings. The van der Waals surface area contributed by atoms with Gasteiger partial charge in [0.15, 0.2) is 0 Å². The highest BCUT2D eigenvalue weighted by Gasteiger charge is 2.16. The molecule has 0 amide bonds. The quantitative estimate of drug-likeness (QED) is 0.709. The molecule has 0 saturated heterocycles. The van der Waals surface area contributed by atoms with Crippen molar-refractivity contribution in [3.63, 3.8) is 0 Å². The number of likely N-dealkylation sites (N-methyl/N-ethyl adjacent to an activating group) is 1. The molecule has 0 aromatic rings. The van der Waals surface area contributed by atoms with E-state index in [0.717, 1.165) is 26.2 Å².